The van der Waals surface area contributed by atoms with E-state index in [0.717, 1.165) is 71.8 Å². The van der Waals surface area contributed by atoms with Crippen LogP contribution in [0, 0.1) is 5.92 Å². The number of likely N-dealkylation sites (tertiary alicyclic amines) is 1. The van der Waals surface area contributed by atoms with Crippen molar-refractivity contribution in [2.24, 2.45) is 11.7 Å². The number of aromatic nitrogens is 4. The summed E-state index contributed by atoms with van der Waals surface area (Å²) in [6, 6.07) is 9.92. The van der Waals surface area contributed by atoms with Crippen LogP contribution in [0.4, 0.5) is 0 Å². The summed E-state index contributed by atoms with van der Waals surface area (Å²) in [5.74, 6) is 3.66. The number of fused-ring (bicyclic) bond motifs is 2. The standard InChI is InChI=1S/C29H36N6O3S/c1-37-24-15-20(29(36)33-10-4-5-21(30)17-33)13-22-26(24)34(11-12-39-3)28(31-22)23-14-19-8-9-25(38-2)32-27(19)35(23)16-18-6-7-18/h8-9,13-15,18,21H,4-7,10-12,16-17,30H2,1-3H3/t21-/m1/s1. The fourth-order valence-electron chi connectivity index (χ4n) is 5.63. The fourth-order valence-corrected chi connectivity index (χ4v) is 6.00. The molecule has 4 heterocycles. The van der Waals surface area contributed by atoms with Gasteiger partial charge in [-0.05, 0) is 62.1 Å². The van der Waals surface area contributed by atoms with Gasteiger partial charge in [-0.1, -0.05) is 0 Å². The monoisotopic (exact) mass is 548 g/mol. The van der Waals surface area contributed by atoms with E-state index in [1.807, 2.05) is 23.1 Å². The summed E-state index contributed by atoms with van der Waals surface area (Å²) >= 11 is 1.79. The maximum atomic E-state index is 13.5. The van der Waals surface area contributed by atoms with Gasteiger partial charge in [0.1, 0.15) is 16.9 Å². The lowest BCUT2D eigenvalue weighted by Gasteiger charge is -2.30. The van der Waals surface area contributed by atoms with Gasteiger partial charge in [0.25, 0.3) is 5.91 Å². The molecule has 1 aliphatic heterocycles. The minimum absolute atomic E-state index is 0.0197. The highest BCUT2D eigenvalue weighted by molar-refractivity contribution is 7.98. The molecule has 9 nitrogen and oxygen atoms in total. The number of methoxy groups -OCH3 is 2. The normalized spacial score (nSPS) is 17.7. The molecule has 1 aromatic carbocycles. The Hall–Kier alpha value is -3.24. The first-order valence-corrected chi connectivity index (χ1v) is 15.1. The van der Waals surface area contributed by atoms with Gasteiger partial charge >= 0.3 is 0 Å². The number of rotatable bonds is 9. The Balaban J connectivity index is 1.52. The van der Waals surface area contributed by atoms with Gasteiger partial charge in [0.05, 0.1) is 25.4 Å². The van der Waals surface area contributed by atoms with Crippen LogP contribution in [0.1, 0.15) is 36.0 Å². The molecule has 3 aromatic heterocycles. The maximum absolute atomic E-state index is 13.5. The van der Waals surface area contributed by atoms with Crippen LogP contribution in [0.15, 0.2) is 30.3 Å². The lowest BCUT2D eigenvalue weighted by atomic mass is 10.0. The lowest BCUT2D eigenvalue weighted by molar-refractivity contribution is 0.0708. The first-order chi connectivity index (χ1) is 19.0. The molecule has 1 saturated heterocycles. The number of benzene rings is 1. The topological polar surface area (TPSA) is 100 Å². The molecule has 1 saturated carbocycles. The predicted octanol–water partition coefficient (Wildman–Crippen LogP) is 4.41. The Bertz CT molecular complexity index is 1520. The minimum atomic E-state index is -0.0234. The van der Waals surface area contributed by atoms with Gasteiger partial charge in [0, 0.05) is 55.0 Å². The molecule has 1 atom stereocenters. The van der Waals surface area contributed by atoms with Gasteiger partial charge in [-0.2, -0.15) is 16.7 Å². The van der Waals surface area contributed by atoms with Crippen molar-refractivity contribution in [3.8, 4) is 23.1 Å². The molecule has 206 valence electrons. The summed E-state index contributed by atoms with van der Waals surface area (Å²) in [4.78, 5) is 25.3. The molecule has 0 radical (unpaired) electrons. The molecular weight excluding hydrogens is 512 g/mol. The average Bonchev–Trinajstić information content (AvgIpc) is 3.61. The first kappa shape index (κ1) is 26.0. The Labute approximate surface area is 232 Å². The number of aryl methyl sites for hydroxylation is 1. The van der Waals surface area contributed by atoms with Gasteiger partial charge < -0.3 is 29.2 Å². The number of piperidine rings is 1. The molecule has 0 bridgehead atoms. The summed E-state index contributed by atoms with van der Waals surface area (Å²) < 4.78 is 15.9. The van der Waals surface area contributed by atoms with Crippen molar-refractivity contribution < 1.29 is 14.3 Å². The van der Waals surface area contributed by atoms with Crippen molar-refractivity contribution in [2.75, 3.05) is 39.3 Å². The number of carbonyl (C=O) groups excluding carboxylic acids is 1. The van der Waals surface area contributed by atoms with Crippen molar-refractivity contribution in [2.45, 2.75) is 44.8 Å². The van der Waals surface area contributed by atoms with E-state index in [0.29, 0.717) is 29.7 Å². The SMILES string of the molecule is COc1ccc2cc(-c3nc4cc(C(=O)N5CCC[C@@H](N)C5)cc(OC)c4n3CCSC)n(CC3CC3)c2n1. The van der Waals surface area contributed by atoms with Crippen LogP contribution in [0.3, 0.4) is 0 Å². The van der Waals surface area contributed by atoms with Gasteiger partial charge in [-0.25, -0.2) is 4.98 Å². The molecule has 1 amide bonds. The molecule has 0 unspecified atom stereocenters. The summed E-state index contributed by atoms with van der Waals surface area (Å²) in [7, 11) is 3.31. The van der Waals surface area contributed by atoms with Gasteiger partial charge in [-0.3, -0.25) is 4.79 Å². The highest BCUT2D eigenvalue weighted by Crippen LogP contribution is 2.38. The molecular formula is C29H36N6O3S. The van der Waals surface area contributed by atoms with Crippen LogP contribution in [0.5, 0.6) is 11.6 Å². The Morgan fingerprint density at radius 2 is 1.95 bits per heavy atom. The van der Waals surface area contributed by atoms with Gasteiger partial charge in [0.15, 0.2) is 5.82 Å². The zero-order valence-electron chi connectivity index (χ0n) is 22.9. The summed E-state index contributed by atoms with van der Waals surface area (Å²) in [6.45, 7) is 2.95. The van der Waals surface area contributed by atoms with E-state index in [4.69, 9.17) is 25.2 Å². The van der Waals surface area contributed by atoms with E-state index >= 15 is 0 Å². The van der Waals surface area contributed by atoms with Gasteiger partial charge in [-0.15, -0.1) is 0 Å². The third kappa shape index (κ3) is 4.96. The van der Waals surface area contributed by atoms with E-state index in [2.05, 4.69) is 27.5 Å². The number of carbonyl (C=O) groups is 1. The third-order valence-electron chi connectivity index (χ3n) is 7.83. The molecule has 39 heavy (non-hydrogen) atoms. The highest BCUT2D eigenvalue weighted by Gasteiger charge is 2.28. The number of ether oxygens (including phenoxy) is 2. The zero-order valence-corrected chi connectivity index (χ0v) is 23.7. The average molecular weight is 549 g/mol. The first-order valence-electron chi connectivity index (χ1n) is 13.7. The number of hydrogen-bond donors (Lipinski definition) is 1. The number of hydrogen-bond acceptors (Lipinski definition) is 7. The number of imidazole rings is 1. The number of pyridine rings is 1. The number of amides is 1. The second-order valence-electron chi connectivity index (χ2n) is 10.6. The van der Waals surface area contributed by atoms with Crippen molar-refractivity contribution in [3.63, 3.8) is 0 Å². The molecule has 2 fully saturated rings. The van der Waals surface area contributed by atoms with Crippen LogP contribution in [-0.4, -0.2) is 75.3 Å². The molecule has 4 aromatic rings. The smallest absolute Gasteiger partial charge is 0.254 e. The van der Waals surface area contributed by atoms with Crippen molar-refractivity contribution in [1.82, 2.24) is 24.0 Å². The number of nitrogens with zero attached hydrogens (tertiary/aromatic N) is 5. The quantitative estimate of drug-likeness (QED) is 0.331. The van der Waals surface area contributed by atoms with Crippen molar-refractivity contribution in [1.29, 1.82) is 0 Å². The molecule has 10 heteroatoms. The van der Waals surface area contributed by atoms with Crippen LogP contribution >= 0.6 is 11.8 Å². The molecule has 6 rings (SSSR count). The summed E-state index contributed by atoms with van der Waals surface area (Å²) in [5, 5.41) is 1.05. The second kappa shape index (κ2) is 10.7. The molecule has 2 aliphatic rings. The highest BCUT2D eigenvalue weighted by atomic mass is 32.2. The Kier molecular flexibility index (Phi) is 7.16. The van der Waals surface area contributed by atoms with E-state index in [1.165, 1.54) is 12.8 Å². The van der Waals surface area contributed by atoms with E-state index in [9.17, 15) is 4.79 Å². The maximum Gasteiger partial charge on any atom is 0.254 e. The third-order valence-corrected chi connectivity index (χ3v) is 8.42. The minimum Gasteiger partial charge on any atom is -0.494 e. The van der Waals surface area contributed by atoms with Crippen LogP contribution < -0.4 is 15.2 Å². The zero-order chi connectivity index (χ0) is 27.1. The molecule has 2 N–H and O–H groups in total. The van der Waals surface area contributed by atoms with Crippen molar-refractivity contribution in [3.05, 3.63) is 35.9 Å². The van der Waals surface area contributed by atoms with Crippen LogP contribution in [0.25, 0.3) is 33.6 Å². The second-order valence-corrected chi connectivity index (χ2v) is 11.6. The van der Waals surface area contributed by atoms with E-state index in [-0.39, 0.29) is 11.9 Å². The summed E-state index contributed by atoms with van der Waals surface area (Å²) in [5.41, 5.74) is 10.3. The Morgan fingerprint density at radius 3 is 2.67 bits per heavy atom. The lowest BCUT2D eigenvalue weighted by Crippen LogP contribution is -2.45. The predicted molar refractivity (Wildman–Crippen MR) is 156 cm³/mol. The van der Waals surface area contributed by atoms with Crippen LogP contribution in [-0.2, 0) is 13.1 Å². The number of thioether (sulfide) groups is 1. The number of nitrogens with two attached hydrogens (primary N) is 1. The van der Waals surface area contributed by atoms with Crippen LogP contribution in [0.2, 0.25) is 0 Å². The van der Waals surface area contributed by atoms with Crippen molar-refractivity contribution >= 4 is 39.7 Å². The van der Waals surface area contributed by atoms with E-state index in [1.54, 1.807) is 26.0 Å². The van der Waals surface area contributed by atoms with Gasteiger partial charge in [0.2, 0.25) is 5.88 Å². The van der Waals surface area contributed by atoms with E-state index < -0.39 is 0 Å². The molecule has 1 aliphatic carbocycles. The fraction of sp³-hybridized carbons (Fsp3) is 0.483. The largest absolute Gasteiger partial charge is 0.494 e. The Morgan fingerprint density at radius 1 is 1.10 bits per heavy atom. The summed E-state index contributed by atoms with van der Waals surface area (Å²) in [6.07, 6.45) is 6.43. The molecule has 0 spiro atoms.